The Balaban J connectivity index is 1.80. The van der Waals surface area contributed by atoms with Gasteiger partial charge in [0, 0.05) is 12.8 Å². The maximum absolute atomic E-state index is 11.8. The van der Waals surface area contributed by atoms with Gasteiger partial charge in [0.05, 0.1) is 3.79 Å². The maximum atomic E-state index is 11.8. The molecule has 0 saturated carbocycles. The molecule has 0 spiro atoms. The van der Waals surface area contributed by atoms with Crippen LogP contribution in [0.4, 0.5) is 0 Å². The number of aryl methyl sites for hydroxylation is 1. The van der Waals surface area contributed by atoms with Gasteiger partial charge in [-0.25, -0.2) is 0 Å². The number of nitrogens with one attached hydrogen (secondary N) is 2. The van der Waals surface area contributed by atoms with Crippen molar-refractivity contribution in [2.75, 3.05) is 0 Å². The summed E-state index contributed by atoms with van der Waals surface area (Å²) in [6, 6.07) is 1.38. The third-order valence-electron chi connectivity index (χ3n) is 2.89. The second-order valence-corrected chi connectivity index (χ2v) is 6.52. The van der Waals surface area contributed by atoms with Crippen LogP contribution in [-0.4, -0.2) is 23.8 Å². The molecule has 7 heteroatoms. The minimum atomic E-state index is -0.587. The standard InChI is InChI=1S/C12H13BrN2O3S/c13-11-7(5-6-19-11)1-3-9(16)14-8-2-4-10(17)15-12(8)18/h5-6,8H,1-4H2,(H,14,16)(H,15,17,18). The molecule has 102 valence electrons. The molecule has 1 atom stereocenters. The van der Waals surface area contributed by atoms with Gasteiger partial charge in [-0.3, -0.25) is 19.7 Å². The Morgan fingerprint density at radius 3 is 2.95 bits per heavy atom. The number of thiophene rings is 1. The zero-order valence-electron chi connectivity index (χ0n) is 10.1. The molecule has 1 aliphatic heterocycles. The lowest BCUT2D eigenvalue weighted by Crippen LogP contribution is -2.52. The van der Waals surface area contributed by atoms with Crippen LogP contribution in [0, 0.1) is 0 Å². The molecule has 0 radical (unpaired) electrons. The number of carbonyl (C=O) groups is 3. The third kappa shape index (κ3) is 3.87. The minimum absolute atomic E-state index is 0.174. The van der Waals surface area contributed by atoms with E-state index in [1.54, 1.807) is 11.3 Å². The molecule has 2 N–H and O–H groups in total. The molecule has 2 rings (SSSR count). The molecular formula is C12H13BrN2O3S. The molecule has 0 aliphatic carbocycles. The first-order valence-corrected chi connectivity index (χ1v) is 7.58. The van der Waals surface area contributed by atoms with E-state index in [2.05, 4.69) is 26.6 Å². The second kappa shape index (κ2) is 6.29. The molecule has 5 nitrogen and oxygen atoms in total. The Bertz CT molecular complexity index is 515. The van der Waals surface area contributed by atoms with Crippen LogP contribution in [0.15, 0.2) is 15.2 Å². The molecule has 1 saturated heterocycles. The Morgan fingerprint density at radius 2 is 2.32 bits per heavy atom. The van der Waals surface area contributed by atoms with Crippen molar-refractivity contribution < 1.29 is 14.4 Å². The van der Waals surface area contributed by atoms with Crippen molar-refractivity contribution in [1.29, 1.82) is 0 Å². The lowest BCUT2D eigenvalue weighted by atomic mass is 10.1. The fourth-order valence-electron chi connectivity index (χ4n) is 1.84. The Morgan fingerprint density at radius 1 is 1.53 bits per heavy atom. The van der Waals surface area contributed by atoms with E-state index in [1.807, 2.05) is 11.4 Å². The van der Waals surface area contributed by atoms with Crippen molar-refractivity contribution in [1.82, 2.24) is 10.6 Å². The third-order valence-corrected chi connectivity index (χ3v) is 4.70. The van der Waals surface area contributed by atoms with E-state index < -0.39 is 11.9 Å². The SMILES string of the molecule is O=C1CCC(NC(=O)CCc2ccsc2Br)C(=O)N1. The van der Waals surface area contributed by atoms with Crippen LogP contribution in [0.2, 0.25) is 0 Å². The second-order valence-electron chi connectivity index (χ2n) is 4.29. The van der Waals surface area contributed by atoms with Crippen LogP contribution in [0.3, 0.4) is 0 Å². The van der Waals surface area contributed by atoms with E-state index in [0.29, 0.717) is 19.3 Å². The van der Waals surface area contributed by atoms with Gasteiger partial charge in [0.25, 0.3) is 0 Å². The number of hydrogen-bond acceptors (Lipinski definition) is 4. The van der Waals surface area contributed by atoms with Crippen LogP contribution in [0.1, 0.15) is 24.8 Å². The fraction of sp³-hybridized carbons (Fsp3) is 0.417. The summed E-state index contributed by atoms with van der Waals surface area (Å²) in [6.07, 6.45) is 1.60. The van der Waals surface area contributed by atoms with E-state index >= 15 is 0 Å². The van der Waals surface area contributed by atoms with Crippen molar-refractivity contribution >= 4 is 45.0 Å². The van der Waals surface area contributed by atoms with Crippen molar-refractivity contribution in [3.8, 4) is 0 Å². The summed E-state index contributed by atoms with van der Waals surface area (Å²) in [5.41, 5.74) is 1.09. The highest BCUT2D eigenvalue weighted by molar-refractivity contribution is 9.11. The van der Waals surface area contributed by atoms with Crippen molar-refractivity contribution in [3.05, 3.63) is 20.8 Å². The monoisotopic (exact) mass is 344 g/mol. The molecule has 0 aromatic carbocycles. The summed E-state index contributed by atoms with van der Waals surface area (Å²) in [5, 5.41) is 6.83. The maximum Gasteiger partial charge on any atom is 0.249 e. The number of rotatable bonds is 4. The molecule has 0 bridgehead atoms. The number of piperidine rings is 1. The average Bonchev–Trinajstić information content (AvgIpc) is 2.76. The summed E-state index contributed by atoms with van der Waals surface area (Å²) in [7, 11) is 0. The molecule has 1 unspecified atom stereocenters. The molecule has 19 heavy (non-hydrogen) atoms. The predicted molar refractivity (Wildman–Crippen MR) is 74.7 cm³/mol. The van der Waals surface area contributed by atoms with Gasteiger partial charge in [0.1, 0.15) is 6.04 Å². The summed E-state index contributed by atoms with van der Waals surface area (Å²) >= 11 is 4.99. The van der Waals surface area contributed by atoms with E-state index in [1.165, 1.54) is 0 Å². The summed E-state index contributed by atoms with van der Waals surface area (Å²) in [4.78, 5) is 34.2. The predicted octanol–water partition coefficient (Wildman–Crippen LogP) is 1.36. The fourth-order valence-corrected chi connectivity index (χ4v) is 3.17. The number of imide groups is 1. The Hall–Kier alpha value is -1.21. The van der Waals surface area contributed by atoms with Gasteiger partial charge in [-0.1, -0.05) is 0 Å². The molecular weight excluding hydrogens is 332 g/mol. The Labute approximate surface area is 122 Å². The largest absolute Gasteiger partial charge is 0.344 e. The van der Waals surface area contributed by atoms with Gasteiger partial charge in [-0.2, -0.15) is 0 Å². The molecule has 3 amide bonds. The number of carbonyl (C=O) groups excluding carboxylic acids is 3. The van der Waals surface area contributed by atoms with Gasteiger partial charge in [0.2, 0.25) is 17.7 Å². The van der Waals surface area contributed by atoms with Gasteiger partial charge < -0.3 is 5.32 Å². The van der Waals surface area contributed by atoms with Crippen LogP contribution in [0.25, 0.3) is 0 Å². The van der Waals surface area contributed by atoms with E-state index in [4.69, 9.17) is 0 Å². The van der Waals surface area contributed by atoms with Crippen molar-refractivity contribution in [2.45, 2.75) is 31.7 Å². The molecule has 2 heterocycles. The molecule has 1 aromatic rings. The molecule has 1 aliphatic rings. The quantitative estimate of drug-likeness (QED) is 0.810. The van der Waals surface area contributed by atoms with Crippen molar-refractivity contribution in [3.63, 3.8) is 0 Å². The van der Waals surface area contributed by atoms with E-state index in [9.17, 15) is 14.4 Å². The van der Waals surface area contributed by atoms with Crippen LogP contribution >= 0.6 is 27.3 Å². The summed E-state index contributed by atoms with van der Waals surface area (Å²) in [6.45, 7) is 0. The Kier molecular flexibility index (Phi) is 4.71. The van der Waals surface area contributed by atoms with Gasteiger partial charge >= 0.3 is 0 Å². The smallest absolute Gasteiger partial charge is 0.249 e. The first-order chi connectivity index (χ1) is 9.06. The molecule has 1 fully saturated rings. The topological polar surface area (TPSA) is 75.3 Å². The van der Waals surface area contributed by atoms with E-state index in [0.717, 1.165) is 9.35 Å². The zero-order valence-corrected chi connectivity index (χ0v) is 12.5. The van der Waals surface area contributed by atoms with Gasteiger partial charge in [0.15, 0.2) is 0 Å². The number of amides is 3. The summed E-state index contributed by atoms with van der Waals surface area (Å²) in [5.74, 6) is -0.869. The zero-order chi connectivity index (χ0) is 13.8. The highest BCUT2D eigenvalue weighted by atomic mass is 79.9. The van der Waals surface area contributed by atoms with Crippen molar-refractivity contribution in [2.24, 2.45) is 0 Å². The van der Waals surface area contributed by atoms with Crippen LogP contribution < -0.4 is 10.6 Å². The average molecular weight is 345 g/mol. The highest BCUT2D eigenvalue weighted by Gasteiger charge is 2.27. The van der Waals surface area contributed by atoms with Crippen LogP contribution in [0.5, 0.6) is 0 Å². The first-order valence-electron chi connectivity index (χ1n) is 5.91. The van der Waals surface area contributed by atoms with Crippen LogP contribution in [-0.2, 0) is 20.8 Å². The summed E-state index contributed by atoms with van der Waals surface area (Å²) < 4.78 is 1.03. The lowest BCUT2D eigenvalue weighted by Gasteiger charge is -2.21. The minimum Gasteiger partial charge on any atom is -0.344 e. The number of halogens is 1. The van der Waals surface area contributed by atoms with Gasteiger partial charge in [-0.05, 0) is 45.8 Å². The lowest BCUT2D eigenvalue weighted by molar-refractivity contribution is -0.137. The highest BCUT2D eigenvalue weighted by Crippen LogP contribution is 2.24. The first kappa shape index (κ1) is 14.2. The van der Waals surface area contributed by atoms with E-state index in [-0.39, 0.29) is 18.2 Å². The normalized spacial score (nSPS) is 19.1. The molecule has 1 aromatic heterocycles. The van der Waals surface area contributed by atoms with Gasteiger partial charge in [-0.15, -0.1) is 11.3 Å². The number of hydrogen-bond donors (Lipinski definition) is 2.